The van der Waals surface area contributed by atoms with Gasteiger partial charge in [-0.1, -0.05) is 18.2 Å². The second-order valence-corrected chi connectivity index (χ2v) is 9.17. The van der Waals surface area contributed by atoms with Gasteiger partial charge in [-0.2, -0.15) is 0 Å². The van der Waals surface area contributed by atoms with Gasteiger partial charge in [-0.05, 0) is 61.4 Å². The smallest absolute Gasteiger partial charge is 0.336 e. The van der Waals surface area contributed by atoms with Crippen molar-refractivity contribution in [1.29, 1.82) is 0 Å². The van der Waals surface area contributed by atoms with Gasteiger partial charge in [0.1, 0.15) is 17.2 Å². The Labute approximate surface area is 189 Å². The summed E-state index contributed by atoms with van der Waals surface area (Å²) < 4.78 is 21.8. The molecule has 4 aromatic rings. The maximum Gasteiger partial charge on any atom is 0.336 e. The van der Waals surface area contributed by atoms with Crippen LogP contribution in [0.2, 0.25) is 0 Å². The minimum absolute atomic E-state index is 0.00234. The molecule has 1 fully saturated rings. The first-order valence-corrected chi connectivity index (χ1v) is 11.5. The third-order valence-electron chi connectivity index (χ3n) is 7.36. The molecule has 1 atom stereocenters. The van der Waals surface area contributed by atoms with Gasteiger partial charge in [0.05, 0.1) is 24.3 Å². The van der Waals surface area contributed by atoms with Gasteiger partial charge in [0.25, 0.3) is 0 Å². The summed E-state index contributed by atoms with van der Waals surface area (Å²) in [7, 11) is 0. The first-order valence-electron chi connectivity index (χ1n) is 11.5. The van der Waals surface area contributed by atoms with Crippen LogP contribution in [-0.2, 0) is 4.79 Å². The van der Waals surface area contributed by atoms with E-state index in [9.17, 15) is 14.0 Å². The number of nitrogens with zero attached hydrogens (tertiary/aromatic N) is 2. The minimum atomic E-state index is -0.346. The molecule has 0 bridgehead atoms. The molecular formula is C27H23FN2O3. The Morgan fingerprint density at radius 1 is 1.09 bits per heavy atom. The molecular weight excluding hydrogens is 419 g/mol. The van der Waals surface area contributed by atoms with Gasteiger partial charge < -0.3 is 8.98 Å². The molecule has 2 aromatic heterocycles. The number of imidazole rings is 1. The van der Waals surface area contributed by atoms with Crippen molar-refractivity contribution < 1.29 is 13.6 Å². The number of benzene rings is 2. The summed E-state index contributed by atoms with van der Waals surface area (Å²) in [6.45, 7) is 0. The third kappa shape index (κ3) is 3.41. The summed E-state index contributed by atoms with van der Waals surface area (Å²) >= 11 is 0. The molecule has 6 heteroatoms. The van der Waals surface area contributed by atoms with Crippen molar-refractivity contribution in [3.63, 3.8) is 0 Å². The van der Waals surface area contributed by atoms with E-state index in [1.165, 1.54) is 17.7 Å². The number of Topliss-reactive ketones (excluding diaryl/α,β-unsaturated/α-hetero) is 1. The molecule has 0 saturated heterocycles. The van der Waals surface area contributed by atoms with Crippen molar-refractivity contribution >= 4 is 16.8 Å². The number of aromatic nitrogens is 2. The monoisotopic (exact) mass is 442 g/mol. The van der Waals surface area contributed by atoms with E-state index in [1.807, 2.05) is 22.8 Å². The van der Waals surface area contributed by atoms with Gasteiger partial charge in [-0.25, -0.2) is 14.2 Å². The molecule has 166 valence electrons. The SMILES string of the molecule is O=C(CC1c2c(F)cccc2-c2cncn21)C1CCC(c2ccc3oc(=O)ccc3c2)CC1. The minimum Gasteiger partial charge on any atom is -0.423 e. The van der Waals surface area contributed by atoms with E-state index < -0.39 is 0 Å². The van der Waals surface area contributed by atoms with Crippen LogP contribution >= 0.6 is 0 Å². The number of hydrogen-bond acceptors (Lipinski definition) is 4. The molecule has 0 amide bonds. The van der Waals surface area contributed by atoms with Gasteiger partial charge in [0, 0.05) is 34.9 Å². The quantitative estimate of drug-likeness (QED) is 0.384. The Balaban J connectivity index is 1.16. The van der Waals surface area contributed by atoms with Crippen LogP contribution in [0.25, 0.3) is 22.2 Å². The normalized spacial score (nSPS) is 21.7. The van der Waals surface area contributed by atoms with Crippen LogP contribution in [0.3, 0.4) is 0 Å². The zero-order chi connectivity index (χ0) is 22.5. The molecule has 0 radical (unpaired) electrons. The van der Waals surface area contributed by atoms with Crippen molar-refractivity contribution in [3.05, 3.63) is 88.4 Å². The average Bonchev–Trinajstić information content (AvgIpc) is 3.42. The highest BCUT2D eigenvalue weighted by atomic mass is 19.1. The first kappa shape index (κ1) is 20.1. The van der Waals surface area contributed by atoms with E-state index in [0.717, 1.165) is 42.3 Å². The van der Waals surface area contributed by atoms with E-state index in [4.69, 9.17) is 4.42 Å². The van der Waals surface area contributed by atoms with Crippen molar-refractivity contribution in [1.82, 2.24) is 9.55 Å². The van der Waals surface area contributed by atoms with Crippen molar-refractivity contribution in [3.8, 4) is 11.3 Å². The van der Waals surface area contributed by atoms with Crippen molar-refractivity contribution in [2.45, 2.75) is 44.1 Å². The number of rotatable bonds is 4. The van der Waals surface area contributed by atoms with E-state index in [0.29, 0.717) is 23.5 Å². The van der Waals surface area contributed by atoms with Gasteiger partial charge in [-0.3, -0.25) is 4.79 Å². The topological polar surface area (TPSA) is 65.1 Å². The lowest BCUT2D eigenvalue weighted by atomic mass is 9.76. The van der Waals surface area contributed by atoms with Crippen LogP contribution in [0.1, 0.15) is 55.2 Å². The molecule has 1 saturated carbocycles. The number of hydrogen-bond donors (Lipinski definition) is 0. The molecule has 5 nitrogen and oxygen atoms in total. The lowest BCUT2D eigenvalue weighted by molar-refractivity contribution is -0.124. The highest BCUT2D eigenvalue weighted by Gasteiger charge is 2.35. The molecule has 1 aliphatic carbocycles. The van der Waals surface area contributed by atoms with Gasteiger partial charge in [0.2, 0.25) is 0 Å². The van der Waals surface area contributed by atoms with Crippen LogP contribution in [0, 0.1) is 11.7 Å². The molecule has 1 unspecified atom stereocenters. The highest BCUT2D eigenvalue weighted by Crippen LogP contribution is 2.44. The molecule has 0 N–H and O–H groups in total. The van der Waals surface area contributed by atoms with Gasteiger partial charge in [-0.15, -0.1) is 0 Å². The van der Waals surface area contributed by atoms with E-state index in [2.05, 4.69) is 11.1 Å². The lowest BCUT2D eigenvalue weighted by Crippen LogP contribution is -2.24. The van der Waals surface area contributed by atoms with Crippen molar-refractivity contribution in [2.24, 2.45) is 5.92 Å². The Morgan fingerprint density at radius 2 is 1.94 bits per heavy atom. The Morgan fingerprint density at radius 3 is 2.79 bits per heavy atom. The Hall–Kier alpha value is -3.54. The number of carbonyl (C=O) groups is 1. The summed E-state index contributed by atoms with van der Waals surface area (Å²) in [5, 5.41) is 0.920. The van der Waals surface area contributed by atoms with Gasteiger partial charge in [0.15, 0.2) is 0 Å². The Kier molecular flexibility index (Phi) is 4.75. The summed E-state index contributed by atoms with van der Waals surface area (Å²) in [6, 6.07) is 14.0. The second-order valence-electron chi connectivity index (χ2n) is 9.17. The standard InChI is InChI=1S/C27H23FN2O3/c28-21-3-1-2-20-23-14-29-15-30(23)22(27(20)21)13-24(31)17-6-4-16(5-7-17)18-8-10-25-19(12-18)9-11-26(32)33-25/h1-3,8-12,14-17,22H,4-7,13H2. The van der Waals surface area contributed by atoms with Crippen LogP contribution in [0.15, 0.2) is 70.3 Å². The summed E-state index contributed by atoms with van der Waals surface area (Å²) in [5.74, 6) is 0.331. The fraction of sp³-hybridized carbons (Fsp3) is 0.296. The third-order valence-corrected chi connectivity index (χ3v) is 7.36. The zero-order valence-corrected chi connectivity index (χ0v) is 18.0. The van der Waals surface area contributed by atoms with Crippen LogP contribution in [-0.4, -0.2) is 15.3 Å². The Bertz CT molecular complexity index is 1430. The summed E-state index contributed by atoms with van der Waals surface area (Å²) in [4.78, 5) is 28.9. The van der Waals surface area contributed by atoms with E-state index in [-0.39, 0.29) is 29.2 Å². The van der Waals surface area contributed by atoms with Crippen LogP contribution in [0.5, 0.6) is 0 Å². The number of ketones is 1. The largest absolute Gasteiger partial charge is 0.423 e. The summed E-state index contributed by atoms with van der Waals surface area (Å²) in [6.07, 6.45) is 7.27. The molecule has 2 aromatic carbocycles. The van der Waals surface area contributed by atoms with Crippen LogP contribution in [0.4, 0.5) is 4.39 Å². The molecule has 33 heavy (non-hydrogen) atoms. The first-order chi connectivity index (χ1) is 16.1. The zero-order valence-electron chi connectivity index (χ0n) is 18.0. The fourth-order valence-electron chi connectivity index (χ4n) is 5.65. The number of halogens is 1. The molecule has 3 heterocycles. The van der Waals surface area contributed by atoms with E-state index in [1.54, 1.807) is 24.7 Å². The molecule has 1 aliphatic heterocycles. The molecule has 0 spiro atoms. The van der Waals surface area contributed by atoms with E-state index >= 15 is 0 Å². The second kappa shape index (κ2) is 7.80. The predicted octanol–water partition coefficient (Wildman–Crippen LogP) is 5.63. The maximum atomic E-state index is 14.7. The van der Waals surface area contributed by atoms with Crippen LogP contribution < -0.4 is 5.63 Å². The molecule has 2 aliphatic rings. The highest BCUT2D eigenvalue weighted by molar-refractivity contribution is 5.83. The number of carbonyl (C=O) groups excluding carboxylic acids is 1. The maximum absolute atomic E-state index is 14.7. The van der Waals surface area contributed by atoms with Gasteiger partial charge >= 0.3 is 5.63 Å². The molecule has 6 rings (SSSR count). The fourth-order valence-corrected chi connectivity index (χ4v) is 5.65. The summed E-state index contributed by atoms with van der Waals surface area (Å²) in [5.41, 5.74) is 3.79. The van der Waals surface area contributed by atoms with Crippen molar-refractivity contribution in [2.75, 3.05) is 0 Å². The lowest BCUT2D eigenvalue weighted by Gasteiger charge is -2.29. The predicted molar refractivity (Wildman–Crippen MR) is 123 cm³/mol. The average molecular weight is 442 g/mol. The number of fused-ring (bicyclic) bond motifs is 4.